The molecule has 1 aliphatic rings. The quantitative estimate of drug-likeness (QED) is 0.356. The molecule has 0 saturated heterocycles. The Bertz CT molecular complexity index is 1150. The fraction of sp³-hybridized carbons (Fsp3) is 0.375. The molecule has 0 bridgehead atoms. The molecule has 0 spiro atoms. The first-order chi connectivity index (χ1) is 16.5. The Morgan fingerprint density at radius 2 is 1.60 bits per heavy atom. The predicted octanol–water partition coefficient (Wildman–Crippen LogP) is 1.28. The summed E-state index contributed by atoms with van der Waals surface area (Å²) in [5.41, 5.74) is 4.30. The van der Waals surface area contributed by atoms with Gasteiger partial charge in [-0.2, -0.15) is 0 Å². The van der Waals surface area contributed by atoms with Crippen LogP contribution in [0.2, 0.25) is 0 Å². The highest BCUT2D eigenvalue weighted by atomic mass is 32.2. The van der Waals surface area contributed by atoms with Crippen molar-refractivity contribution in [3.05, 3.63) is 59.7 Å². The van der Waals surface area contributed by atoms with Gasteiger partial charge in [-0.05, 0) is 28.7 Å². The normalized spacial score (nSPS) is 14.3. The molecule has 2 aromatic carbocycles. The minimum Gasteiger partial charge on any atom is -0.480 e. The zero-order chi connectivity index (χ0) is 25.6. The largest absolute Gasteiger partial charge is 0.480 e. The average Bonchev–Trinajstić information content (AvgIpc) is 3.12. The number of carboxylic acids is 1. The van der Waals surface area contributed by atoms with Gasteiger partial charge in [-0.25, -0.2) is 18.0 Å². The zero-order valence-electron chi connectivity index (χ0n) is 19.1. The van der Waals surface area contributed by atoms with E-state index in [0.29, 0.717) is 0 Å². The lowest BCUT2D eigenvalue weighted by Gasteiger charge is -2.17. The van der Waals surface area contributed by atoms with Crippen LogP contribution >= 0.6 is 0 Å². The highest BCUT2D eigenvalue weighted by Gasteiger charge is 2.29. The highest BCUT2D eigenvalue weighted by Crippen LogP contribution is 2.44. The van der Waals surface area contributed by atoms with Crippen molar-refractivity contribution in [2.24, 2.45) is 0 Å². The van der Waals surface area contributed by atoms with Crippen molar-refractivity contribution in [3.8, 4) is 11.1 Å². The Hall–Kier alpha value is -3.44. The third-order valence-electron chi connectivity index (χ3n) is 5.66. The molecule has 0 fully saturated rings. The van der Waals surface area contributed by atoms with Gasteiger partial charge in [-0.1, -0.05) is 48.5 Å². The average molecular weight is 505 g/mol. The molecule has 10 nitrogen and oxygen atoms in total. The zero-order valence-corrected chi connectivity index (χ0v) is 20.0. The van der Waals surface area contributed by atoms with Crippen LogP contribution in [0.4, 0.5) is 4.79 Å². The number of alkyl carbamates (subject to hydrolysis) is 1. The molecule has 3 rings (SSSR count). The number of carbonyl (C=O) groups excluding carboxylic acids is 2. The van der Waals surface area contributed by atoms with Crippen LogP contribution in [-0.2, 0) is 24.2 Å². The van der Waals surface area contributed by atoms with Crippen molar-refractivity contribution >= 4 is 27.8 Å². The van der Waals surface area contributed by atoms with E-state index in [0.717, 1.165) is 28.5 Å². The third-order valence-corrected chi connectivity index (χ3v) is 6.63. The van der Waals surface area contributed by atoms with Gasteiger partial charge < -0.3 is 25.6 Å². The number of carbonyl (C=O) groups is 3. The molecular weight excluding hydrogens is 476 g/mol. The summed E-state index contributed by atoms with van der Waals surface area (Å²) in [7, 11) is -3.40. The van der Waals surface area contributed by atoms with Crippen molar-refractivity contribution < 1.29 is 37.8 Å². The van der Waals surface area contributed by atoms with Gasteiger partial charge in [-0.15, -0.1) is 0 Å². The Balaban J connectivity index is 1.45. The van der Waals surface area contributed by atoms with E-state index in [4.69, 9.17) is 9.84 Å². The second-order valence-corrected chi connectivity index (χ2v) is 10.7. The molecule has 0 heterocycles. The molecule has 188 valence electrons. The van der Waals surface area contributed by atoms with Gasteiger partial charge in [0.15, 0.2) is 0 Å². The molecule has 4 N–H and O–H groups in total. The van der Waals surface area contributed by atoms with Gasteiger partial charge in [0.05, 0.1) is 18.3 Å². The van der Waals surface area contributed by atoms with E-state index in [1.807, 2.05) is 48.5 Å². The number of carboxylic acid groups (broad SMARTS) is 1. The molecule has 2 amide bonds. The fourth-order valence-corrected chi connectivity index (χ4v) is 4.64. The number of sulfone groups is 1. The van der Waals surface area contributed by atoms with E-state index in [9.17, 15) is 27.9 Å². The lowest BCUT2D eigenvalue weighted by molar-refractivity contribution is -0.142. The topological polar surface area (TPSA) is 159 Å². The molecule has 2 unspecified atom stereocenters. The first kappa shape index (κ1) is 26.2. The van der Waals surface area contributed by atoms with Crippen molar-refractivity contribution in [2.45, 2.75) is 30.9 Å². The van der Waals surface area contributed by atoms with Crippen LogP contribution in [0.15, 0.2) is 48.5 Å². The van der Waals surface area contributed by atoms with Crippen LogP contribution in [0.5, 0.6) is 0 Å². The Kier molecular flexibility index (Phi) is 8.47. The summed E-state index contributed by atoms with van der Waals surface area (Å²) < 4.78 is 27.8. The summed E-state index contributed by atoms with van der Waals surface area (Å²) in [4.78, 5) is 35.5. The Morgan fingerprint density at radius 3 is 2.14 bits per heavy atom. The molecule has 0 radical (unpaired) electrons. The van der Waals surface area contributed by atoms with Crippen molar-refractivity contribution in [1.82, 2.24) is 10.6 Å². The second kappa shape index (κ2) is 11.3. The van der Waals surface area contributed by atoms with Crippen molar-refractivity contribution in [2.75, 3.05) is 25.2 Å². The SMILES string of the molecule is CS(=O)(=O)CCC(NC(=O)CC(O)CNC(=O)OCC1c2ccccc2-c2ccccc21)C(=O)O. The lowest BCUT2D eigenvalue weighted by atomic mass is 9.98. The number of aliphatic hydroxyl groups excluding tert-OH is 1. The summed E-state index contributed by atoms with van der Waals surface area (Å²) in [6.07, 6.45) is -1.87. The summed E-state index contributed by atoms with van der Waals surface area (Å²) in [6.45, 7) is -0.192. The summed E-state index contributed by atoms with van der Waals surface area (Å²) >= 11 is 0. The van der Waals surface area contributed by atoms with Crippen molar-refractivity contribution in [1.29, 1.82) is 0 Å². The highest BCUT2D eigenvalue weighted by molar-refractivity contribution is 7.90. The molecule has 1 aliphatic carbocycles. The number of amides is 2. The number of aliphatic hydroxyl groups is 1. The fourth-order valence-electron chi connectivity index (χ4n) is 3.98. The van der Waals surface area contributed by atoms with Gasteiger partial charge >= 0.3 is 12.1 Å². The van der Waals surface area contributed by atoms with Crippen LogP contribution in [0.25, 0.3) is 11.1 Å². The van der Waals surface area contributed by atoms with Crippen LogP contribution in [0, 0.1) is 0 Å². The minimum atomic E-state index is -3.40. The van der Waals surface area contributed by atoms with E-state index >= 15 is 0 Å². The van der Waals surface area contributed by atoms with E-state index in [1.54, 1.807) is 0 Å². The monoisotopic (exact) mass is 504 g/mol. The van der Waals surface area contributed by atoms with E-state index < -0.39 is 52.1 Å². The molecule has 0 aliphatic heterocycles. The van der Waals surface area contributed by atoms with Crippen molar-refractivity contribution in [3.63, 3.8) is 0 Å². The third kappa shape index (κ3) is 7.27. The maximum absolute atomic E-state index is 12.2. The molecular formula is C24H28N2O8S. The smallest absolute Gasteiger partial charge is 0.407 e. The number of nitrogens with one attached hydrogen (secondary N) is 2. The first-order valence-electron chi connectivity index (χ1n) is 11.0. The summed E-state index contributed by atoms with van der Waals surface area (Å²) in [5, 5.41) is 23.8. The summed E-state index contributed by atoms with van der Waals surface area (Å²) in [5.74, 6) is -2.69. The summed E-state index contributed by atoms with van der Waals surface area (Å²) in [6, 6.07) is 14.4. The first-order valence-corrected chi connectivity index (χ1v) is 13.1. The lowest BCUT2D eigenvalue weighted by Crippen LogP contribution is -2.44. The van der Waals surface area contributed by atoms with Crippen LogP contribution in [-0.4, -0.2) is 73.9 Å². The predicted molar refractivity (Wildman–Crippen MR) is 128 cm³/mol. The van der Waals surface area contributed by atoms with E-state index in [-0.39, 0.29) is 25.5 Å². The molecule has 35 heavy (non-hydrogen) atoms. The number of hydrogen-bond acceptors (Lipinski definition) is 7. The second-order valence-electron chi connectivity index (χ2n) is 8.44. The van der Waals surface area contributed by atoms with Gasteiger partial charge in [-0.3, -0.25) is 4.79 Å². The molecule has 0 aromatic heterocycles. The molecule has 2 aromatic rings. The maximum atomic E-state index is 12.2. The number of ether oxygens (including phenoxy) is 1. The molecule has 0 saturated carbocycles. The number of hydrogen-bond donors (Lipinski definition) is 4. The van der Waals surface area contributed by atoms with Gasteiger partial charge in [0, 0.05) is 18.7 Å². The number of benzene rings is 2. The van der Waals surface area contributed by atoms with E-state index in [1.165, 1.54) is 0 Å². The van der Waals surface area contributed by atoms with E-state index in [2.05, 4.69) is 10.6 Å². The Morgan fingerprint density at radius 1 is 1.03 bits per heavy atom. The number of rotatable bonds is 11. The molecule has 11 heteroatoms. The van der Waals surface area contributed by atoms with Crippen LogP contribution < -0.4 is 10.6 Å². The molecule has 2 atom stereocenters. The standard InChI is InChI=1S/C24H28N2O8S/c1-35(32,33)11-10-21(23(29)30)26-22(28)12-15(27)13-25-24(31)34-14-20-18-8-4-2-6-16(18)17-7-3-5-9-19(17)20/h2-9,15,20-21,27H,10-14H2,1H3,(H,25,31)(H,26,28)(H,29,30). The van der Waals surface area contributed by atoms with Crippen LogP contribution in [0.3, 0.4) is 0 Å². The van der Waals surface area contributed by atoms with Gasteiger partial charge in [0.2, 0.25) is 5.91 Å². The maximum Gasteiger partial charge on any atom is 0.407 e. The number of fused-ring (bicyclic) bond motifs is 3. The van der Waals surface area contributed by atoms with Crippen LogP contribution in [0.1, 0.15) is 29.9 Å². The van der Waals surface area contributed by atoms with Gasteiger partial charge in [0.1, 0.15) is 22.5 Å². The Labute approximate surface area is 203 Å². The number of aliphatic carboxylic acids is 1. The minimum absolute atomic E-state index is 0.0943. The van der Waals surface area contributed by atoms with Gasteiger partial charge in [0.25, 0.3) is 0 Å².